The lowest BCUT2D eigenvalue weighted by Gasteiger charge is -2.32. The molecule has 2 heterocycles. The van der Waals surface area contributed by atoms with Gasteiger partial charge in [-0.05, 0) is 33.8 Å². The Kier molecular flexibility index (Phi) is 3.55. The van der Waals surface area contributed by atoms with Crippen LogP contribution in [0.4, 0.5) is 5.69 Å². The molecule has 0 saturated carbocycles. The second-order valence-corrected chi connectivity index (χ2v) is 6.67. The summed E-state index contributed by atoms with van der Waals surface area (Å²) in [5, 5.41) is 11.4. The molecule has 0 unspecified atom stereocenters. The van der Waals surface area contributed by atoms with E-state index in [1.54, 1.807) is 0 Å². The average Bonchev–Trinajstić information content (AvgIpc) is 2.98. The number of fused-ring (bicyclic) bond motifs is 1. The van der Waals surface area contributed by atoms with Crippen LogP contribution in [0, 0.1) is 10.1 Å². The van der Waals surface area contributed by atoms with Crippen molar-refractivity contribution in [1.82, 2.24) is 0 Å². The zero-order chi connectivity index (χ0) is 17.0. The summed E-state index contributed by atoms with van der Waals surface area (Å²) < 4.78 is 22.3. The third-order valence-corrected chi connectivity index (χ3v) is 4.64. The van der Waals surface area contributed by atoms with Crippen LogP contribution in [0.3, 0.4) is 0 Å². The van der Waals surface area contributed by atoms with Crippen LogP contribution in [-0.4, -0.2) is 30.0 Å². The Morgan fingerprint density at radius 3 is 2.22 bits per heavy atom. The average molecular weight is 322 g/mol. The van der Waals surface area contributed by atoms with Crippen LogP contribution < -0.4 is 15.2 Å². The number of nitrogens with two attached hydrogens (primary N) is 1. The fourth-order valence-electron chi connectivity index (χ4n) is 2.55. The first-order chi connectivity index (χ1) is 10.6. The van der Waals surface area contributed by atoms with Gasteiger partial charge < -0.3 is 24.5 Å². The van der Waals surface area contributed by atoms with Crippen LogP contribution in [-0.2, 0) is 9.31 Å². The van der Waals surface area contributed by atoms with Crippen LogP contribution in [0.25, 0.3) is 0 Å². The molecular formula is C14H19BN2O6. The van der Waals surface area contributed by atoms with E-state index in [0.717, 1.165) is 0 Å². The highest BCUT2D eigenvalue weighted by atomic mass is 16.7. The summed E-state index contributed by atoms with van der Waals surface area (Å²) in [4.78, 5) is 10.9. The van der Waals surface area contributed by atoms with Crippen molar-refractivity contribution in [3.05, 3.63) is 27.8 Å². The normalized spacial score (nSPS) is 22.2. The van der Waals surface area contributed by atoms with Crippen molar-refractivity contribution in [3.63, 3.8) is 0 Å². The van der Waals surface area contributed by atoms with Crippen LogP contribution in [0.15, 0.2) is 12.1 Å². The van der Waals surface area contributed by atoms with E-state index >= 15 is 0 Å². The molecule has 2 aliphatic rings. The number of nitro benzene ring substituents is 1. The zero-order valence-corrected chi connectivity index (χ0v) is 13.5. The summed E-state index contributed by atoms with van der Waals surface area (Å²) in [7, 11) is -0.793. The topological polar surface area (TPSA) is 106 Å². The minimum Gasteiger partial charge on any atom is -0.454 e. The number of nitrogens with zero attached hydrogens (tertiary/aromatic N) is 1. The summed E-state index contributed by atoms with van der Waals surface area (Å²) in [6.45, 7) is 7.62. The summed E-state index contributed by atoms with van der Waals surface area (Å²) in [6.07, 6.45) is 0. The highest BCUT2D eigenvalue weighted by molar-refractivity contribution is 6.47. The van der Waals surface area contributed by atoms with Gasteiger partial charge in [-0.25, -0.2) is 0 Å². The molecule has 0 spiro atoms. The Bertz CT molecular complexity index is 647. The molecule has 0 amide bonds. The van der Waals surface area contributed by atoms with E-state index in [1.807, 2.05) is 27.7 Å². The molecule has 1 saturated heterocycles. The second-order valence-electron chi connectivity index (χ2n) is 6.67. The van der Waals surface area contributed by atoms with E-state index in [4.69, 9.17) is 24.5 Å². The predicted octanol–water partition coefficient (Wildman–Crippen LogP) is 1.95. The Morgan fingerprint density at radius 2 is 1.70 bits per heavy atom. The van der Waals surface area contributed by atoms with Gasteiger partial charge in [0.25, 0.3) is 5.69 Å². The minimum absolute atomic E-state index is 0.0294. The number of hydrogen-bond acceptors (Lipinski definition) is 7. The van der Waals surface area contributed by atoms with Crippen LogP contribution in [0.1, 0.15) is 39.2 Å². The first kappa shape index (κ1) is 16.0. The SMILES string of the molecule is CC1(C)OB([C@@H](N)c2cc3c(cc2[N+](=O)[O-])OCO3)OC1(C)C. The van der Waals surface area contributed by atoms with Gasteiger partial charge in [0.1, 0.15) is 0 Å². The third kappa shape index (κ3) is 2.54. The smallest absolute Gasteiger partial charge is 0.454 e. The molecule has 3 rings (SSSR count). The van der Waals surface area contributed by atoms with Gasteiger partial charge in [-0.3, -0.25) is 10.1 Å². The Morgan fingerprint density at radius 1 is 1.17 bits per heavy atom. The molecule has 0 radical (unpaired) electrons. The predicted molar refractivity (Wildman–Crippen MR) is 82.2 cm³/mol. The van der Waals surface area contributed by atoms with Crippen LogP contribution in [0.5, 0.6) is 11.5 Å². The van der Waals surface area contributed by atoms with E-state index in [2.05, 4.69) is 0 Å². The molecular weight excluding hydrogens is 303 g/mol. The Balaban J connectivity index is 1.97. The first-order valence-electron chi connectivity index (χ1n) is 7.31. The fraction of sp³-hybridized carbons (Fsp3) is 0.571. The molecule has 2 aliphatic heterocycles. The largest absolute Gasteiger partial charge is 0.480 e. The van der Waals surface area contributed by atoms with Crippen LogP contribution >= 0.6 is 0 Å². The van der Waals surface area contributed by atoms with E-state index in [9.17, 15) is 10.1 Å². The number of nitro groups is 1. The molecule has 124 valence electrons. The minimum atomic E-state index is -0.828. The number of hydrogen-bond donors (Lipinski definition) is 1. The molecule has 8 nitrogen and oxygen atoms in total. The molecule has 1 atom stereocenters. The van der Waals surface area contributed by atoms with E-state index in [1.165, 1.54) is 12.1 Å². The van der Waals surface area contributed by atoms with Crippen molar-refractivity contribution in [1.29, 1.82) is 0 Å². The van der Waals surface area contributed by atoms with Crippen molar-refractivity contribution in [2.24, 2.45) is 5.73 Å². The van der Waals surface area contributed by atoms with Gasteiger partial charge >= 0.3 is 7.12 Å². The number of ether oxygens (including phenoxy) is 2. The lowest BCUT2D eigenvalue weighted by Crippen LogP contribution is -2.41. The summed E-state index contributed by atoms with van der Waals surface area (Å²) >= 11 is 0. The Labute approximate surface area is 134 Å². The highest BCUT2D eigenvalue weighted by Gasteiger charge is 2.54. The molecule has 9 heteroatoms. The van der Waals surface area contributed by atoms with Crippen molar-refractivity contribution in [3.8, 4) is 11.5 Å². The molecule has 1 aromatic carbocycles. The molecule has 23 heavy (non-hydrogen) atoms. The molecule has 1 fully saturated rings. The van der Waals surface area contributed by atoms with Gasteiger partial charge in [0.15, 0.2) is 11.5 Å². The maximum atomic E-state index is 11.4. The summed E-state index contributed by atoms with van der Waals surface area (Å²) in [6, 6.07) is 2.85. The summed E-state index contributed by atoms with van der Waals surface area (Å²) in [5.74, 6) is -0.0647. The number of rotatable bonds is 3. The molecule has 0 aliphatic carbocycles. The van der Waals surface area contributed by atoms with Crippen molar-refractivity contribution in [2.45, 2.75) is 44.8 Å². The molecule has 0 bridgehead atoms. The van der Waals surface area contributed by atoms with Gasteiger partial charge in [-0.1, -0.05) is 0 Å². The van der Waals surface area contributed by atoms with Crippen molar-refractivity contribution >= 4 is 12.8 Å². The molecule has 0 aromatic heterocycles. The van der Waals surface area contributed by atoms with Gasteiger partial charge in [0.2, 0.25) is 6.79 Å². The number of benzene rings is 1. The van der Waals surface area contributed by atoms with Crippen LogP contribution in [0.2, 0.25) is 0 Å². The van der Waals surface area contributed by atoms with Gasteiger partial charge in [-0.15, -0.1) is 0 Å². The monoisotopic (exact) mass is 322 g/mol. The molecule has 1 aromatic rings. The first-order valence-corrected chi connectivity index (χ1v) is 7.31. The van der Waals surface area contributed by atoms with Gasteiger partial charge in [-0.2, -0.15) is 0 Å². The fourth-order valence-corrected chi connectivity index (χ4v) is 2.55. The maximum absolute atomic E-state index is 11.4. The molecule has 2 N–H and O–H groups in total. The second kappa shape index (κ2) is 5.08. The lowest BCUT2D eigenvalue weighted by atomic mass is 9.74. The maximum Gasteiger partial charge on any atom is 0.480 e. The highest BCUT2D eigenvalue weighted by Crippen LogP contribution is 2.44. The van der Waals surface area contributed by atoms with Gasteiger partial charge in [0.05, 0.1) is 28.1 Å². The van der Waals surface area contributed by atoms with Crippen molar-refractivity contribution in [2.75, 3.05) is 6.79 Å². The zero-order valence-electron chi connectivity index (χ0n) is 13.5. The van der Waals surface area contributed by atoms with E-state index in [-0.39, 0.29) is 18.0 Å². The van der Waals surface area contributed by atoms with E-state index < -0.39 is 29.2 Å². The quantitative estimate of drug-likeness (QED) is 0.515. The third-order valence-electron chi connectivity index (χ3n) is 4.64. The Hall–Kier alpha value is -1.84. The van der Waals surface area contributed by atoms with E-state index in [0.29, 0.717) is 11.5 Å². The van der Waals surface area contributed by atoms with Gasteiger partial charge in [0, 0.05) is 5.56 Å². The lowest BCUT2D eigenvalue weighted by molar-refractivity contribution is -0.385. The van der Waals surface area contributed by atoms with Crippen molar-refractivity contribution < 1.29 is 23.7 Å². The standard InChI is InChI=1S/C14H19BN2O6/c1-13(2)14(3,4)23-15(22-13)12(16)8-5-10-11(21-7-20-10)6-9(8)17(18)19/h5-6,12H,7,16H2,1-4H3/t12-/m0/s1. The summed E-state index contributed by atoms with van der Waals surface area (Å²) in [5.41, 5.74) is 5.23.